The smallest absolute Gasteiger partial charge is 0.317 e. The highest BCUT2D eigenvalue weighted by molar-refractivity contribution is 7.16. The van der Waals surface area contributed by atoms with Crippen LogP contribution in [-0.2, 0) is 0 Å². The van der Waals surface area contributed by atoms with Crippen LogP contribution in [0, 0.1) is 5.82 Å². The number of urea groups is 1. The molecule has 0 bridgehead atoms. The van der Waals surface area contributed by atoms with Crippen molar-refractivity contribution in [2.45, 2.75) is 25.0 Å². The summed E-state index contributed by atoms with van der Waals surface area (Å²) >= 11 is 1.58. The van der Waals surface area contributed by atoms with Crippen LogP contribution in [0.25, 0.3) is 10.2 Å². The Morgan fingerprint density at radius 2 is 1.93 bits per heavy atom. The van der Waals surface area contributed by atoms with Crippen molar-refractivity contribution in [3.63, 3.8) is 0 Å². The second-order valence-corrected chi connectivity index (χ2v) is 8.40. The van der Waals surface area contributed by atoms with Crippen LogP contribution in [0.3, 0.4) is 0 Å². The fourth-order valence-electron chi connectivity index (χ4n) is 3.77. The molecule has 2 aliphatic heterocycles. The number of fused-ring (bicyclic) bond motifs is 1. The minimum absolute atomic E-state index is 0.0134. The van der Waals surface area contributed by atoms with Gasteiger partial charge in [0.15, 0.2) is 5.82 Å². The van der Waals surface area contributed by atoms with Crippen molar-refractivity contribution >= 4 is 33.5 Å². The molecular weight excluding hydrogens is 407 g/mol. The van der Waals surface area contributed by atoms with Crippen molar-refractivity contribution in [2.75, 3.05) is 31.1 Å². The quantitative estimate of drug-likeness (QED) is 0.688. The third-order valence-corrected chi connectivity index (χ3v) is 6.26. The molecule has 0 atom stereocenters. The standard InChI is InChI=1S/C20H21FN6O2S/c21-13-8-22-19(23-9-13)26-6-4-14(5-7-26)25-20(28)27-10-15(11-27)29-16-2-1-3-17-18(16)24-12-30-17/h1-3,8-9,12,14-15H,4-7,10-11H2,(H,25,28). The molecule has 30 heavy (non-hydrogen) atoms. The van der Waals surface area contributed by atoms with Gasteiger partial charge in [-0.25, -0.2) is 24.1 Å². The Hall–Kier alpha value is -3.01. The molecule has 2 aromatic heterocycles. The number of carbonyl (C=O) groups is 1. The highest BCUT2D eigenvalue weighted by atomic mass is 32.1. The fourth-order valence-corrected chi connectivity index (χ4v) is 4.47. The van der Waals surface area contributed by atoms with E-state index in [2.05, 4.69) is 20.3 Å². The Morgan fingerprint density at radius 3 is 2.70 bits per heavy atom. The van der Waals surface area contributed by atoms with Crippen LogP contribution < -0.4 is 15.0 Å². The van der Waals surface area contributed by atoms with Gasteiger partial charge in [-0.1, -0.05) is 6.07 Å². The molecule has 5 rings (SSSR count). The van der Waals surface area contributed by atoms with E-state index in [-0.39, 0.29) is 18.2 Å². The van der Waals surface area contributed by atoms with Crippen molar-refractivity contribution in [1.82, 2.24) is 25.2 Å². The first-order valence-electron chi connectivity index (χ1n) is 9.92. The van der Waals surface area contributed by atoms with Gasteiger partial charge in [-0.15, -0.1) is 11.3 Å². The first kappa shape index (κ1) is 19.0. The topological polar surface area (TPSA) is 83.5 Å². The number of thiazole rings is 1. The lowest BCUT2D eigenvalue weighted by Gasteiger charge is -2.40. The van der Waals surface area contributed by atoms with Gasteiger partial charge in [0.1, 0.15) is 17.4 Å². The Balaban J connectivity index is 1.08. The number of aromatic nitrogens is 3. The summed E-state index contributed by atoms with van der Waals surface area (Å²) in [7, 11) is 0. The minimum atomic E-state index is -0.444. The molecule has 0 aliphatic carbocycles. The van der Waals surface area contributed by atoms with Crippen molar-refractivity contribution in [1.29, 1.82) is 0 Å². The van der Waals surface area contributed by atoms with E-state index in [1.807, 2.05) is 28.6 Å². The summed E-state index contributed by atoms with van der Waals surface area (Å²) in [5.41, 5.74) is 2.69. The largest absolute Gasteiger partial charge is 0.484 e. The maximum Gasteiger partial charge on any atom is 0.317 e. The molecule has 3 aromatic rings. The summed E-state index contributed by atoms with van der Waals surface area (Å²) in [4.78, 5) is 28.7. The van der Waals surface area contributed by atoms with Gasteiger partial charge in [0.2, 0.25) is 5.95 Å². The van der Waals surface area contributed by atoms with E-state index in [9.17, 15) is 9.18 Å². The van der Waals surface area contributed by atoms with Gasteiger partial charge in [-0.3, -0.25) is 0 Å². The predicted octanol–water partition coefficient (Wildman–Crippen LogP) is 2.67. The van der Waals surface area contributed by atoms with Crippen molar-refractivity contribution in [2.24, 2.45) is 0 Å². The molecule has 2 amide bonds. The normalized spacial score (nSPS) is 17.8. The lowest BCUT2D eigenvalue weighted by atomic mass is 10.1. The van der Waals surface area contributed by atoms with Gasteiger partial charge in [-0.05, 0) is 25.0 Å². The van der Waals surface area contributed by atoms with Crippen LogP contribution in [0.4, 0.5) is 15.1 Å². The van der Waals surface area contributed by atoms with E-state index in [4.69, 9.17) is 4.74 Å². The highest BCUT2D eigenvalue weighted by Crippen LogP contribution is 2.29. The highest BCUT2D eigenvalue weighted by Gasteiger charge is 2.34. The number of halogens is 1. The molecule has 1 aromatic carbocycles. The average Bonchev–Trinajstić information content (AvgIpc) is 3.21. The van der Waals surface area contributed by atoms with E-state index in [0.717, 1.165) is 41.9 Å². The molecule has 2 aliphatic rings. The van der Waals surface area contributed by atoms with Crippen LogP contribution in [-0.4, -0.2) is 64.2 Å². The van der Waals surface area contributed by atoms with Crippen LogP contribution >= 0.6 is 11.3 Å². The van der Waals surface area contributed by atoms with Crippen LogP contribution in [0.2, 0.25) is 0 Å². The second kappa shape index (κ2) is 8.02. The molecule has 8 nitrogen and oxygen atoms in total. The van der Waals surface area contributed by atoms with Gasteiger partial charge in [-0.2, -0.15) is 0 Å². The second-order valence-electron chi connectivity index (χ2n) is 7.51. The zero-order valence-corrected chi connectivity index (χ0v) is 17.0. The van der Waals surface area contributed by atoms with Gasteiger partial charge >= 0.3 is 6.03 Å². The summed E-state index contributed by atoms with van der Waals surface area (Å²) in [5.74, 6) is 0.856. The number of rotatable bonds is 4. The Labute approximate surface area is 176 Å². The number of para-hydroxylation sites is 1. The third-order valence-electron chi connectivity index (χ3n) is 5.46. The number of carbonyl (C=O) groups excluding carboxylic acids is 1. The van der Waals surface area contributed by atoms with E-state index in [1.54, 1.807) is 16.2 Å². The summed E-state index contributed by atoms with van der Waals surface area (Å²) in [6.45, 7) is 2.57. The number of anilines is 1. The van der Waals surface area contributed by atoms with Gasteiger partial charge < -0.3 is 19.9 Å². The monoisotopic (exact) mass is 428 g/mol. The molecule has 2 saturated heterocycles. The maximum atomic E-state index is 13.0. The van der Waals surface area contributed by atoms with Gasteiger partial charge in [0.05, 0.1) is 35.7 Å². The number of piperidine rings is 1. The molecule has 1 N–H and O–H groups in total. The predicted molar refractivity (Wildman–Crippen MR) is 111 cm³/mol. The molecule has 0 unspecified atom stereocenters. The molecule has 0 saturated carbocycles. The molecular formula is C20H21FN6O2S. The van der Waals surface area contributed by atoms with Gasteiger partial charge in [0, 0.05) is 19.1 Å². The van der Waals surface area contributed by atoms with E-state index >= 15 is 0 Å². The lowest BCUT2D eigenvalue weighted by molar-refractivity contribution is 0.0440. The zero-order chi connectivity index (χ0) is 20.5. The van der Waals surface area contributed by atoms with Crippen LogP contribution in [0.15, 0.2) is 36.1 Å². The molecule has 0 radical (unpaired) electrons. The Morgan fingerprint density at radius 1 is 1.17 bits per heavy atom. The Bertz CT molecular complexity index is 1030. The third kappa shape index (κ3) is 3.87. The summed E-state index contributed by atoms with van der Waals surface area (Å²) in [5, 5.41) is 3.11. The van der Waals surface area contributed by atoms with Crippen LogP contribution in [0.5, 0.6) is 5.75 Å². The van der Waals surface area contributed by atoms with Crippen molar-refractivity contribution < 1.29 is 13.9 Å². The summed E-state index contributed by atoms with van der Waals surface area (Å²) < 4.78 is 20.1. The molecule has 2 fully saturated rings. The zero-order valence-electron chi connectivity index (χ0n) is 16.2. The number of ether oxygens (including phenoxy) is 1. The van der Waals surface area contributed by atoms with Crippen LogP contribution in [0.1, 0.15) is 12.8 Å². The van der Waals surface area contributed by atoms with E-state index in [1.165, 1.54) is 12.4 Å². The average molecular weight is 428 g/mol. The maximum absolute atomic E-state index is 13.0. The van der Waals surface area contributed by atoms with E-state index in [0.29, 0.717) is 19.0 Å². The number of likely N-dealkylation sites (tertiary alicyclic amines) is 1. The molecule has 156 valence electrons. The van der Waals surface area contributed by atoms with Crippen molar-refractivity contribution in [3.05, 3.63) is 41.9 Å². The number of hydrogen-bond acceptors (Lipinski definition) is 7. The van der Waals surface area contributed by atoms with Gasteiger partial charge in [0.25, 0.3) is 0 Å². The number of nitrogens with one attached hydrogen (secondary N) is 1. The van der Waals surface area contributed by atoms with E-state index < -0.39 is 5.82 Å². The fraction of sp³-hybridized carbons (Fsp3) is 0.400. The summed E-state index contributed by atoms with van der Waals surface area (Å²) in [6, 6.07) is 5.95. The number of hydrogen-bond donors (Lipinski definition) is 1. The SMILES string of the molecule is O=C(NC1CCN(c2ncc(F)cn2)CC1)N1CC(Oc2cccc3scnc23)C1. The lowest BCUT2D eigenvalue weighted by Crippen LogP contribution is -2.60. The minimum Gasteiger partial charge on any atom is -0.484 e. The summed E-state index contributed by atoms with van der Waals surface area (Å²) in [6.07, 6.45) is 3.93. The number of amides is 2. The Kier molecular flexibility index (Phi) is 5.07. The molecule has 10 heteroatoms. The first-order chi connectivity index (χ1) is 14.7. The molecule has 0 spiro atoms. The number of nitrogens with zero attached hydrogens (tertiary/aromatic N) is 5. The first-order valence-corrected chi connectivity index (χ1v) is 10.8. The van der Waals surface area contributed by atoms with Crippen molar-refractivity contribution in [3.8, 4) is 5.75 Å². The molecule has 4 heterocycles. The number of benzene rings is 1.